The fourth-order valence-electron chi connectivity index (χ4n) is 2.37. The van der Waals surface area contributed by atoms with Crippen LogP contribution in [-0.2, 0) is 6.54 Å². The molecule has 6 nitrogen and oxygen atoms in total. The lowest BCUT2D eigenvalue weighted by Crippen LogP contribution is -2.24. The van der Waals surface area contributed by atoms with Gasteiger partial charge in [0.05, 0.1) is 10.0 Å². The molecule has 29 heavy (non-hydrogen) atoms. The number of anilines is 1. The first-order chi connectivity index (χ1) is 13.8. The molecule has 0 spiro atoms. The predicted octanol–water partition coefficient (Wildman–Crippen LogP) is 5.27. The fraction of sp³-hybridized carbons (Fsp3) is 0.0526. The van der Waals surface area contributed by atoms with Crippen LogP contribution in [0.5, 0.6) is 0 Å². The van der Waals surface area contributed by atoms with E-state index in [1.54, 1.807) is 24.3 Å². The Bertz CT molecular complexity index is 1090. The Kier molecular flexibility index (Phi) is 6.92. The van der Waals surface area contributed by atoms with E-state index < -0.39 is 11.8 Å². The van der Waals surface area contributed by atoms with Crippen LogP contribution < -0.4 is 10.6 Å². The molecular formula is C19H12Cl4N4O2. The summed E-state index contributed by atoms with van der Waals surface area (Å²) in [6.07, 6.45) is 0. The van der Waals surface area contributed by atoms with Crippen molar-refractivity contribution in [1.82, 2.24) is 15.3 Å². The van der Waals surface area contributed by atoms with Crippen LogP contribution in [0.4, 0.5) is 5.69 Å². The number of pyridine rings is 2. The smallest absolute Gasteiger partial charge is 0.275 e. The van der Waals surface area contributed by atoms with Crippen LogP contribution in [0.25, 0.3) is 0 Å². The SMILES string of the molecule is O=C(NCc1cccc(NC(=O)c2nc(Cl)ccc2Cl)c1)c1nc(Cl)ccc1Cl. The minimum atomic E-state index is -0.506. The molecule has 0 radical (unpaired) electrons. The summed E-state index contributed by atoms with van der Waals surface area (Å²) in [5.74, 6) is -0.976. The number of hydrogen-bond donors (Lipinski definition) is 2. The number of nitrogens with zero attached hydrogens (tertiary/aromatic N) is 2. The van der Waals surface area contributed by atoms with Gasteiger partial charge in [-0.2, -0.15) is 0 Å². The lowest BCUT2D eigenvalue weighted by Gasteiger charge is -2.10. The molecule has 0 aliphatic heterocycles. The molecule has 0 fully saturated rings. The van der Waals surface area contributed by atoms with Crippen LogP contribution in [0.15, 0.2) is 48.5 Å². The Balaban J connectivity index is 1.68. The van der Waals surface area contributed by atoms with Crippen LogP contribution >= 0.6 is 46.4 Å². The van der Waals surface area contributed by atoms with Crippen molar-refractivity contribution >= 4 is 63.9 Å². The van der Waals surface area contributed by atoms with Crippen molar-refractivity contribution in [1.29, 1.82) is 0 Å². The third kappa shape index (κ3) is 5.58. The lowest BCUT2D eigenvalue weighted by molar-refractivity contribution is 0.0945. The first-order valence-electron chi connectivity index (χ1n) is 8.16. The Morgan fingerprint density at radius 2 is 1.38 bits per heavy atom. The van der Waals surface area contributed by atoms with Gasteiger partial charge in [-0.15, -0.1) is 0 Å². The molecule has 2 N–H and O–H groups in total. The molecule has 0 bridgehead atoms. The van der Waals surface area contributed by atoms with Gasteiger partial charge in [-0.1, -0.05) is 58.5 Å². The second kappa shape index (κ2) is 9.41. The van der Waals surface area contributed by atoms with Gasteiger partial charge in [0.2, 0.25) is 0 Å². The maximum atomic E-state index is 12.4. The zero-order chi connectivity index (χ0) is 21.0. The van der Waals surface area contributed by atoms with E-state index in [1.807, 2.05) is 0 Å². The van der Waals surface area contributed by atoms with Crippen molar-refractivity contribution in [2.24, 2.45) is 0 Å². The molecule has 0 saturated heterocycles. The number of hydrogen-bond acceptors (Lipinski definition) is 4. The minimum absolute atomic E-state index is 0.0135. The van der Waals surface area contributed by atoms with Crippen LogP contribution in [0.3, 0.4) is 0 Å². The monoisotopic (exact) mass is 468 g/mol. The minimum Gasteiger partial charge on any atom is -0.347 e. The molecule has 3 aromatic rings. The van der Waals surface area contributed by atoms with Gasteiger partial charge in [-0.05, 0) is 42.0 Å². The Morgan fingerprint density at radius 3 is 2.00 bits per heavy atom. The predicted molar refractivity (Wildman–Crippen MR) is 114 cm³/mol. The molecule has 3 rings (SSSR count). The van der Waals surface area contributed by atoms with E-state index in [-0.39, 0.29) is 38.3 Å². The third-order valence-corrected chi connectivity index (χ3v) is 4.72. The highest BCUT2D eigenvalue weighted by Gasteiger charge is 2.15. The van der Waals surface area contributed by atoms with Gasteiger partial charge in [-0.25, -0.2) is 9.97 Å². The molecule has 2 amide bonds. The highest BCUT2D eigenvalue weighted by molar-refractivity contribution is 6.35. The second-order valence-electron chi connectivity index (χ2n) is 5.77. The fourth-order valence-corrected chi connectivity index (χ4v) is 3.05. The number of nitrogens with one attached hydrogen (secondary N) is 2. The van der Waals surface area contributed by atoms with Gasteiger partial charge >= 0.3 is 0 Å². The Labute approximate surface area is 186 Å². The van der Waals surface area contributed by atoms with Gasteiger partial charge in [0.25, 0.3) is 11.8 Å². The second-order valence-corrected chi connectivity index (χ2v) is 7.35. The van der Waals surface area contributed by atoms with Crippen LogP contribution in [0.2, 0.25) is 20.4 Å². The normalized spacial score (nSPS) is 10.5. The zero-order valence-electron chi connectivity index (χ0n) is 14.5. The Morgan fingerprint density at radius 1 is 0.793 bits per heavy atom. The molecule has 10 heteroatoms. The van der Waals surface area contributed by atoms with Gasteiger partial charge in [0, 0.05) is 12.2 Å². The summed E-state index contributed by atoms with van der Waals surface area (Å²) in [4.78, 5) is 32.5. The average Bonchev–Trinajstić information content (AvgIpc) is 2.70. The highest BCUT2D eigenvalue weighted by Crippen LogP contribution is 2.20. The van der Waals surface area contributed by atoms with Crippen molar-refractivity contribution in [3.05, 3.63) is 85.8 Å². The molecule has 0 aliphatic carbocycles. The van der Waals surface area contributed by atoms with E-state index in [9.17, 15) is 9.59 Å². The van der Waals surface area contributed by atoms with Crippen molar-refractivity contribution in [2.45, 2.75) is 6.54 Å². The van der Waals surface area contributed by atoms with Crippen LogP contribution in [0.1, 0.15) is 26.5 Å². The summed E-state index contributed by atoms with van der Waals surface area (Å²) in [7, 11) is 0. The standard InChI is InChI=1S/C19H12Cl4N4O2/c20-12-4-6-14(22)26-16(12)18(28)24-9-10-2-1-3-11(8-10)25-19(29)17-13(21)5-7-15(23)27-17/h1-8H,9H2,(H,24,28)(H,25,29). The van der Waals surface area contributed by atoms with Crippen LogP contribution in [-0.4, -0.2) is 21.8 Å². The number of carbonyl (C=O) groups is 2. The van der Waals surface area contributed by atoms with Gasteiger partial charge in [0.15, 0.2) is 0 Å². The van der Waals surface area contributed by atoms with Crippen molar-refractivity contribution in [3.63, 3.8) is 0 Å². The zero-order valence-corrected chi connectivity index (χ0v) is 17.6. The topological polar surface area (TPSA) is 84.0 Å². The van der Waals surface area contributed by atoms with E-state index in [4.69, 9.17) is 46.4 Å². The largest absolute Gasteiger partial charge is 0.347 e. The number of amides is 2. The number of rotatable bonds is 5. The summed E-state index contributed by atoms with van der Waals surface area (Å²) in [6.45, 7) is 0.184. The van der Waals surface area contributed by atoms with E-state index in [0.29, 0.717) is 5.69 Å². The number of benzene rings is 1. The maximum Gasteiger partial charge on any atom is 0.275 e. The van der Waals surface area contributed by atoms with Crippen LogP contribution in [0, 0.1) is 0 Å². The van der Waals surface area contributed by atoms with Gasteiger partial charge < -0.3 is 10.6 Å². The molecule has 0 saturated carbocycles. The lowest BCUT2D eigenvalue weighted by atomic mass is 10.2. The molecular weight excluding hydrogens is 458 g/mol. The van der Waals surface area contributed by atoms with Gasteiger partial charge in [-0.3, -0.25) is 9.59 Å². The molecule has 148 valence electrons. The molecule has 0 atom stereocenters. The molecule has 2 heterocycles. The first-order valence-corrected chi connectivity index (χ1v) is 9.67. The maximum absolute atomic E-state index is 12.4. The molecule has 1 aromatic carbocycles. The summed E-state index contributed by atoms with van der Waals surface area (Å²) < 4.78 is 0. The van der Waals surface area contributed by atoms with E-state index in [1.165, 1.54) is 24.3 Å². The van der Waals surface area contributed by atoms with Crippen molar-refractivity contribution in [2.75, 3.05) is 5.32 Å². The van der Waals surface area contributed by atoms with E-state index in [2.05, 4.69) is 20.6 Å². The summed E-state index contributed by atoms with van der Waals surface area (Å²) in [5.41, 5.74) is 1.28. The summed E-state index contributed by atoms with van der Waals surface area (Å²) in [6, 6.07) is 12.9. The highest BCUT2D eigenvalue weighted by atomic mass is 35.5. The number of carbonyl (C=O) groups excluding carboxylic acids is 2. The van der Waals surface area contributed by atoms with Gasteiger partial charge in [0.1, 0.15) is 21.7 Å². The van der Waals surface area contributed by atoms with Crippen molar-refractivity contribution in [3.8, 4) is 0 Å². The summed E-state index contributed by atoms with van der Waals surface area (Å²) >= 11 is 23.6. The molecule has 0 aliphatic rings. The average molecular weight is 470 g/mol. The number of halogens is 4. The van der Waals surface area contributed by atoms with E-state index in [0.717, 1.165) is 5.56 Å². The third-order valence-electron chi connectivity index (χ3n) is 3.69. The molecule has 0 unspecified atom stereocenters. The first kappa shape index (κ1) is 21.3. The Hall–Kier alpha value is -2.38. The van der Waals surface area contributed by atoms with Crippen molar-refractivity contribution < 1.29 is 9.59 Å². The molecule has 2 aromatic heterocycles. The quantitative estimate of drug-likeness (QED) is 0.498. The summed E-state index contributed by atoms with van der Waals surface area (Å²) in [5, 5.41) is 6.09. The van der Waals surface area contributed by atoms with E-state index >= 15 is 0 Å². The number of aromatic nitrogens is 2.